The van der Waals surface area contributed by atoms with E-state index in [4.69, 9.17) is 11.6 Å². The van der Waals surface area contributed by atoms with Crippen molar-refractivity contribution in [3.63, 3.8) is 0 Å². The first kappa shape index (κ1) is 18.2. The van der Waals surface area contributed by atoms with Crippen molar-refractivity contribution in [1.29, 1.82) is 0 Å². The molecule has 0 N–H and O–H groups in total. The topological polar surface area (TPSA) is 120 Å². The van der Waals surface area contributed by atoms with Gasteiger partial charge in [-0.25, -0.2) is 0 Å². The SMILES string of the molecule is CC(=O)[C@H](C(=O)c1ccccc1)c1cc(Cl)c([N+](=O)[O-])cc1[N+](=O)[O-]. The van der Waals surface area contributed by atoms with Crippen molar-refractivity contribution in [1.82, 2.24) is 0 Å². The number of carbonyl (C=O) groups excluding carboxylic acids is 2. The number of nitrogens with zero attached hydrogens (tertiary/aromatic N) is 2. The average molecular weight is 363 g/mol. The Labute approximate surface area is 146 Å². The molecular formula is C16H11ClN2O6. The molecule has 0 unspecified atom stereocenters. The van der Waals surface area contributed by atoms with Crippen molar-refractivity contribution in [3.05, 3.63) is 78.8 Å². The molecule has 0 aliphatic rings. The molecule has 0 aliphatic heterocycles. The van der Waals surface area contributed by atoms with Gasteiger partial charge in [0.1, 0.15) is 16.7 Å². The summed E-state index contributed by atoms with van der Waals surface area (Å²) in [6.07, 6.45) is 0. The van der Waals surface area contributed by atoms with Gasteiger partial charge in [0.15, 0.2) is 5.78 Å². The summed E-state index contributed by atoms with van der Waals surface area (Å²) in [4.78, 5) is 45.2. The van der Waals surface area contributed by atoms with Gasteiger partial charge < -0.3 is 0 Å². The molecule has 0 heterocycles. The Morgan fingerprint density at radius 2 is 1.56 bits per heavy atom. The molecule has 0 amide bonds. The highest BCUT2D eigenvalue weighted by atomic mass is 35.5. The van der Waals surface area contributed by atoms with E-state index in [0.29, 0.717) is 6.07 Å². The van der Waals surface area contributed by atoms with Crippen LogP contribution in [0.3, 0.4) is 0 Å². The number of Topliss-reactive ketones (excluding diaryl/α,β-unsaturated/α-hetero) is 2. The van der Waals surface area contributed by atoms with Crippen LogP contribution in [0, 0.1) is 20.2 Å². The monoisotopic (exact) mass is 362 g/mol. The number of hydrogen-bond acceptors (Lipinski definition) is 6. The van der Waals surface area contributed by atoms with Gasteiger partial charge in [-0.2, -0.15) is 0 Å². The summed E-state index contributed by atoms with van der Waals surface area (Å²) in [6, 6.07) is 9.37. The van der Waals surface area contributed by atoms with E-state index in [0.717, 1.165) is 13.0 Å². The fourth-order valence-electron chi connectivity index (χ4n) is 2.41. The van der Waals surface area contributed by atoms with Crippen LogP contribution in [-0.4, -0.2) is 21.4 Å². The molecule has 1 atom stereocenters. The van der Waals surface area contributed by atoms with Crippen molar-refractivity contribution in [2.45, 2.75) is 12.8 Å². The second kappa shape index (κ2) is 7.18. The first-order chi connectivity index (χ1) is 11.7. The van der Waals surface area contributed by atoms with Gasteiger partial charge in [0.05, 0.1) is 21.5 Å². The van der Waals surface area contributed by atoms with E-state index in [1.807, 2.05) is 0 Å². The van der Waals surface area contributed by atoms with Gasteiger partial charge in [-0.1, -0.05) is 41.9 Å². The Morgan fingerprint density at radius 1 is 1.00 bits per heavy atom. The summed E-state index contributed by atoms with van der Waals surface area (Å²) in [6.45, 7) is 1.12. The van der Waals surface area contributed by atoms with Crippen LogP contribution < -0.4 is 0 Å². The normalized spacial score (nSPS) is 11.6. The second-order valence-electron chi connectivity index (χ2n) is 5.15. The second-order valence-corrected chi connectivity index (χ2v) is 5.56. The quantitative estimate of drug-likeness (QED) is 0.334. The van der Waals surface area contributed by atoms with Crippen LogP contribution in [0.4, 0.5) is 11.4 Å². The van der Waals surface area contributed by atoms with Crippen LogP contribution in [0.1, 0.15) is 28.8 Å². The Morgan fingerprint density at radius 3 is 2.04 bits per heavy atom. The minimum Gasteiger partial charge on any atom is -0.299 e. The van der Waals surface area contributed by atoms with Gasteiger partial charge in [0, 0.05) is 5.56 Å². The van der Waals surface area contributed by atoms with Gasteiger partial charge in [-0.15, -0.1) is 0 Å². The van der Waals surface area contributed by atoms with E-state index in [1.165, 1.54) is 12.1 Å². The lowest BCUT2D eigenvalue weighted by Gasteiger charge is -2.14. The minimum absolute atomic E-state index is 0.187. The Hall–Kier alpha value is -3.13. The smallest absolute Gasteiger partial charge is 0.294 e. The van der Waals surface area contributed by atoms with Crippen LogP contribution in [0.2, 0.25) is 5.02 Å². The standard InChI is InChI=1S/C16H11ClN2O6/c1-9(20)15(16(21)10-5-3-2-4-6-10)11-7-12(17)14(19(24)25)8-13(11)18(22)23/h2-8,15H,1H3/t15-/m0/s1. The fraction of sp³-hybridized carbons (Fsp3) is 0.125. The maximum atomic E-state index is 12.7. The Bertz CT molecular complexity index is 882. The number of nitro benzene ring substituents is 2. The van der Waals surface area contributed by atoms with Crippen LogP contribution in [0.25, 0.3) is 0 Å². The van der Waals surface area contributed by atoms with Crippen molar-refractivity contribution in [2.24, 2.45) is 0 Å². The highest BCUT2D eigenvalue weighted by Crippen LogP contribution is 2.37. The molecule has 0 saturated heterocycles. The number of nitro groups is 2. The highest BCUT2D eigenvalue weighted by molar-refractivity contribution is 6.33. The molecule has 0 spiro atoms. The Kier molecular flexibility index (Phi) is 5.23. The number of carbonyl (C=O) groups is 2. The zero-order valence-corrected chi connectivity index (χ0v) is 13.6. The van der Waals surface area contributed by atoms with Crippen LogP contribution in [0.5, 0.6) is 0 Å². The number of ketones is 2. The summed E-state index contributed by atoms with van der Waals surface area (Å²) in [7, 11) is 0. The minimum atomic E-state index is -1.49. The van der Waals surface area contributed by atoms with E-state index < -0.39 is 43.7 Å². The molecule has 0 saturated carbocycles. The van der Waals surface area contributed by atoms with E-state index in [2.05, 4.69) is 0 Å². The van der Waals surface area contributed by atoms with Crippen molar-refractivity contribution in [2.75, 3.05) is 0 Å². The number of halogens is 1. The van der Waals surface area contributed by atoms with Crippen LogP contribution in [0.15, 0.2) is 42.5 Å². The summed E-state index contributed by atoms with van der Waals surface area (Å²) < 4.78 is 0. The predicted molar refractivity (Wildman–Crippen MR) is 89.0 cm³/mol. The first-order valence-corrected chi connectivity index (χ1v) is 7.33. The number of benzene rings is 2. The van der Waals surface area contributed by atoms with E-state index in [9.17, 15) is 29.8 Å². The molecule has 0 aromatic heterocycles. The maximum Gasteiger partial charge on any atom is 0.294 e. The lowest BCUT2D eigenvalue weighted by atomic mass is 9.86. The predicted octanol–water partition coefficient (Wildman–Crippen LogP) is 3.71. The highest BCUT2D eigenvalue weighted by Gasteiger charge is 2.35. The van der Waals surface area contributed by atoms with E-state index in [-0.39, 0.29) is 11.1 Å². The van der Waals surface area contributed by atoms with Crippen LogP contribution >= 0.6 is 11.6 Å². The Balaban J connectivity index is 2.68. The van der Waals surface area contributed by atoms with Gasteiger partial charge in [0.25, 0.3) is 11.4 Å². The maximum absolute atomic E-state index is 12.7. The van der Waals surface area contributed by atoms with Crippen molar-refractivity contribution >= 4 is 34.5 Å². The van der Waals surface area contributed by atoms with E-state index >= 15 is 0 Å². The molecule has 2 aromatic carbocycles. The lowest BCUT2D eigenvalue weighted by molar-refractivity contribution is -0.394. The van der Waals surface area contributed by atoms with E-state index in [1.54, 1.807) is 18.2 Å². The average Bonchev–Trinajstić information content (AvgIpc) is 2.54. The van der Waals surface area contributed by atoms with Gasteiger partial charge >= 0.3 is 0 Å². The molecule has 25 heavy (non-hydrogen) atoms. The molecular weight excluding hydrogens is 352 g/mol. The lowest BCUT2D eigenvalue weighted by Crippen LogP contribution is -2.21. The fourth-order valence-corrected chi connectivity index (χ4v) is 2.65. The zero-order valence-electron chi connectivity index (χ0n) is 12.8. The van der Waals surface area contributed by atoms with Crippen molar-refractivity contribution < 1.29 is 19.4 Å². The van der Waals surface area contributed by atoms with Crippen molar-refractivity contribution in [3.8, 4) is 0 Å². The number of hydrogen-bond donors (Lipinski definition) is 0. The molecule has 9 heteroatoms. The third kappa shape index (κ3) is 3.69. The molecule has 2 rings (SSSR count). The first-order valence-electron chi connectivity index (χ1n) is 6.96. The third-order valence-corrected chi connectivity index (χ3v) is 3.83. The summed E-state index contributed by atoms with van der Waals surface area (Å²) >= 11 is 5.81. The van der Waals surface area contributed by atoms with Gasteiger partial charge in [0.2, 0.25) is 0 Å². The molecule has 0 fully saturated rings. The summed E-state index contributed by atoms with van der Waals surface area (Å²) in [5.41, 5.74) is -1.47. The molecule has 0 radical (unpaired) electrons. The largest absolute Gasteiger partial charge is 0.299 e. The third-order valence-electron chi connectivity index (χ3n) is 3.53. The molecule has 0 bridgehead atoms. The molecule has 0 aliphatic carbocycles. The van der Waals surface area contributed by atoms with Crippen LogP contribution in [-0.2, 0) is 4.79 Å². The molecule has 2 aromatic rings. The molecule has 128 valence electrons. The van der Waals surface area contributed by atoms with Gasteiger partial charge in [-0.3, -0.25) is 29.8 Å². The number of rotatable bonds is 6. The zero-order chi connectivity index (χ0) is 18.7. The molecule has 8 nitrogen and oxygen atoms in total. The summed E-state index contributed by atoms with van der Waals surface area (Å²) in [5, 5.41) is 21.9. The summed E-state index contributed by atoms with van der Waals surface area (Å²) in [5.74, 6) is -2.77. The van der Waals surface area contributed by atoms with Gasteiger partial charge in [-0.05, 0) is 13.0 Å².